The summed E-state index contributed by atoms with van der Waals surface area (Å²) in [6.07, 6.45) is 6.75. The summed E-state index contributed by atoms with van der Waals surface area (Å²) >= 11 is 11.5. The van der Waals surface area contributed by atoms with Gasteiger partial charge in [0.05, 0.1) is 22.1 Å². The third-order valence-corrected chi connectivity index (χ3v) is 7.24. The number of halogens is 5. The van der Waals surface area contributed by atoms with Crippen LogP contribution in [-0.2, 0) is 35.3 Å². The lowest BCUT2D eigenvalue weighted by Gasteiger charge is -2.12. The third kappa shape index (κ3) is 10.6. The Morgan fingerprint density at radius 1 is 0.825 bits per heavy atom. The molecule has 6 nitrogen and oxygen atoms in total. The maximum Gasteiger partial charge on any atom is 0.303 e. The van der Waals surface area contributed by atoms with Crippen LogP contribution in [0.15, 0.2) is 24.3 Å². The number of hydrogen-bond donors (Lipinski definition) is 2. The summed E-state index contributed by atoms with van der Waals surface area (Å²) in [6.45, 7) is 1.51. The molecule has 222 valence electrons. The number of alkyl halides is 5. The van der Waals surface area contributed by atoms with Crippen molar-refractivity contribution in [3.8, 4) is 11.5 Å². The van der Waals surface area contributed by atoms with Gasteiger partial charge in [0.25, 0.3) is 0 Å². The monoisotopic (exact) mass is 1130 g/mol. The van der Waals surface area contributed by atoms with Crippen LogP contribution in [0.4, 0.5) is 0 Å². The minimum absolute atomic E-state index is 0. The van der Waals surface area contributed by atoms with Crippen LogP contribution < -0.4 is 15.2 Å². The molecule has 3 N–H and O–H groups in total. The quantitative estimate of drug-likeness (QED) is 0.238. The van der Waals surface area contributed by atoms with E-state index in [0.29, 0.717) is 12.3 Å². The molecule has 0 saturated heterocycles. The van der Waals surface area contributed by atoms with Crippen molar-refractivity contribution in [1.29, 1.82) is 0 Å². The van der Waals surface area contributed by atoms with E-state index < -0.39 is 5.97 Å². The number of ether oxygens (including phenoxy) is 2. The molecule has 2 aromatic carbocycles. The maximum absolute atomic E-state index is 11.1. The van der Waals surface area contributed by atoms with E-state index in [1.165, 1.54) is 35.8 Å². The number of primary amides is 1. The second-order valence-electron chi connectivity index (χ2n) is 9.51. The molecule has 2 aliphatic heterocycles. The molecule has 0 bridgehead atoms. The van der Waals surface area contributed by atoms with Crippen LogP contribution in [-0.4, -0.2) is 32.6 Å². The molecular weight excluding hydrogens is 1100 g/mol. The first-order valence-electron chi connectivity index (χ1n) is 12.7. The van der Waals surface area contributed by atoms with E-state index in [1.54, 1.807) is 0 Å². The van der Waals surface area contributed by atoms with Gasteiger partial charge in [-0.15, -0.1) is 0 Å². The van der Waals surface area contributed by atoms with Gasteiger partial charge < -0.3 is 20.3 Å². The summed E-state index contributed by atoms with van der Waals surface area (Å²) in [5.74, 6) is 1.60. The summed E-state index contributed by atoms with van der Waals surface area (Å²) in [6, 6.07) is 8.33. The minimum Gasteiger partial charge on any atom is -0.493 e. The van der Waals surface area contributed by atoms with Crippen molar-refractivity contribution in [2.24, 2.45) is 5.73 Å². The smallest absolute Gasteiger partial charge is 0.303 e. The van der Waals surface area contributed by atoms with Crippen LogP contribution >= 0.6 is 126 Å². The van der Waals surface area contributed by atoms with Gasteiger partial charge in [-0.3, -0.25) is 9.59 Å². The Bertz CT molecular complexity index is 1080. The molecule has 4 aliphatic rings. The van der Waals surface area contributed by atoms with Crippen LogP contribution in [0.25, 0.3) is 0 Å². The van der Waals surface area contributed by atoms with E-state index in [1.807, 2.05) is 6.07 Å². The van der Waals surface area contributed by atoms with E-state index >= 15 is 0 Å². The molecule has 0 saturated carbocycles. The molecule has 40 heavy (non-hydrogen) atoms. The number of rotatable bonds is 4. The van der Waals surface area contributed by atoms with Crippen LogP contribution in [0.1, 0.15) is 70.9 Å². The molecule has 12 heteroatoms. The standard InChI is InChI=1S/C13H15NO2.C13H14O3.CHI3.CH2I2.H2S/c2*14-12(15)7-9-2-1-8-3-4-11-10(13(8)9)5-6-16-11;2-1(3)4;2-1-3;/h3-4,9H,1-2,5-7H2,(H2,14,15);3-4,9H,1-2,5-7H2,(H,14,15);1H;1H2;1H2/t2*9-;;;/m00.../s1. The van der Waals surface area contributed by atoms with Crippen molar-refractivity contribution in [2.45, 2.75) is 63.1 Å². The number of carboxylic acids is 1. The topological polar surface area (TPSA) is 98.9 Å². The molecule has 2 heterocycles. The Balaban J connectivity index is 0.000000224. The molecule has 2 aromatic rings. The Labute approximate surface area is 312 Å². The normalized spacial score (nSPS) is 18.4. The summed E-state index contributed by atoms with van der Waals surface area (Å²) in [4.78, 5) is 21.9. The molecule has 2 atom stereocenters. The average molecular weight is 1130 g/mol. The first-order chi connectivity index (χ1) is 18.7. The Kier molecular flexibility index (Phi) is 17.4. The number of carbonyl (C=O) groups is 2. The van der Waals surface area contributed by atoms with Gasteiger partial charge in [0.2, 0.25) is 5.91 Å². The second kappa shape index (κ2) is 18.7. The van der Waals surface area contributed by atoms with Gasteiger partial charge in [-0.25, -0.2) is 0 Å². The van der Waals surface area contributed by atoms with Crippen molar-refractivity contribution < 1.29 is 24.2 Å². The van der Waals surface area contributed by atoms with Gasteiger partial charge in [-0.05, 0) is 71.9 Å². The fourth-order valence-electron chi connectivity index (χ4n) is 5.96. The zero-order valence-corrected chi connectivity index (χ0v) is 33.7. The highest BCUT2D eigenvalue weighted by molar-refractivity contribution is 14.3. The number of carboxylic acid groups (broad SMARTS) is 1. The Morgan fingerprint density at radius 2 is 1.23 bits per heavy atom. The van der Waals surface area contributed by atoms with Gasteiger partial charge in [0.1, 0.15) is 11.4 Å². The first kappa shape index (κ1) is 37.2. The molecule has 0 fully saturated rings. The molecule has 0 unspecified atom stereocenters. The Morgan fingerprint density at radius 3 is 1.60 bits per heavy atom. The van der Waals surface area contributed by atoms with Gasteiger partial charge in [0.15, 0.2) is 0 Å². The summed E-state index contributed by atoms with van der Waals surface area (Å²) in [7, 11) is 0. The number of amides is 1. The lowest BCUT2D eigenvalue weighted by atomic mass is 9.92. The van der Waals surface area contributed by atoms with E-state index in [2.05, 4.69) is 131 Å². The van der Waals surface area contributed by atoms with E-state index in [4.69, 9.17) is 20.3 Å². The first-order valence-corrected chi connectivity index (χ1v) is 19.5. The number of hydrogen-bond acceptors (Lipinski definition) is 4. The highest BCUT2D eigenvalue weighted by Gasteiger charge is 2.31. The average Bonchev–Trinajstić information content (AvgIpc) is 3.64. The summed E-state index contributed by atoms with van der Waals surface area (Å²) in [5, 5.41) is 8.92. The van der Waals surface area contributed by atoms with Crippen LogP contribution in [0.5, 0.6) is 11.5 Å². The lowest BCUT2D eigenvalue weighted by molar-refractivity contribution is -0.137. The van der Waals surface area contributed by atoms with Crippen molar-refractivity contribution >= 4 is 138 Å². The van der Waals surface area contributed by atoms with Crippen LogP contribution in [0.3, 0.4) is 0 Å². The molecule has 0 radical (unpaired) electrons. The molecule has 0 spiro atoms. The van der Waals surface area contributed by atoms with Crippen LogP contribution in [0, 0.1) is 0 Å². The SMILES string of the molecule is IC(I)I.ICI.NC(=O)C[C@@H]1CCc2ccc3c(c21)CCO3.O=C(O)C[C@@H]1CCc2ccc3c(c21)CCO3.S. The van der Waals surface area contributed by atoms with Crippen LogP contribution in [0.2, 0.25) is 0 Å². The fourth-order valence-corrected chi connectivity index (χ4v) is 5.96. The third-order valence-electron chi connectivity index (χ3n) is 7.24. The maximum atomic E-state index is 11.1. The number of aliphatic carboxylic acids is 1. The van der Waals surface area contributed by atoms with Gasteiger partial charge in [-0.1, -0.05) is 125 Å². The van der Waals surface area contributed by atoms with Crippen molar-refractivity contribution in [1.82, 2.24) is 0 Å². The van der Waals surface area contributed by atoms with E-state index in [0.717, 1.165) is 63.2 Å². The highest BCUT2D eigenvalue weighted by Crippen LogP contribution is 2.44. The molecular formula is C28H34I5NO5S. The summed E-state index contributed by atoms with van der Waals surface area (Å²) < 4.78 is 13.0. The zero-order chi connectivity index (χ0) is 28.5. The zero-order valence-electron chi connectivity index (χ0n) is 21.9. The van der Waals surface area contributed by atoms with E-state index in [9.17, 15) is 9.59 Å². The molecule has 2 aliphatic carbocycles. The van der Waals surface area contributed by atoms with Crippen molar-refractivity contribution in [2.75, 3.05) is 15.6 Å². The lowest BCUT2D eigenvalue weighted by Crippen LogP contribution is -2.14. The predicted molar refractivity (Wildman–Crippen MR) is 209 cm³/mol. The number of nitrogens with two attached hydrogens (primary N) is 1. The van der Waals surface area contributed by atoms with Crippen molar-refractivity contribution in [3.63, 3.8) is 0 Å². The van der Waals surface area contributed by atoms with Gasteiger partial charge in [0, 0.05) is 30.4 Å². The Hall–Kier alpha value is 0.980. The van der Waals surface area contributed by atoms with Gasteiger partial charge >= 0.3 is 5.97 Å². The molecule has 1 amide bonds. The summed E-state index contributed by atoms with van der Waals surface area (Å²) in [5.41, 5.74) is 13.2. The number of aryl methyl sites for hydroxylation is 2. The predicted octanol–water partition coefficient (Wildman–Crippen LogP) is 8.15. The second-order valence-corrected chi connectivity index (χ2v) is 24.8. The van der Waals surface area contributed by atoms with Crippen molar-refractivity contribution in [3.05, 3.63) is 57.6 Å². The largest absolute Gasteiger partial charge is 0.493 e. The number of fused-ring (bicyclic) bond motifs is 6. The number of benzene rings is 2. The molecule has 0 aromatic heterocycles. The molecule has 6 rings (SSSR count). The van der Waals surface area contributed by atoms with Gasteiger partial charge in [-0.2, -0.15) is 13.5 Å². The highest BCUT2D eigenvalue weighted by atomic mass is 127. The van der Waals surface area contributed by atoms with E-state index in [-0.39, 0.29) is 31.7 Å². The number of carbonyl (C=O) groups excluding carboxylic acids is 1. The minimum atomic E-state index is -0.700. The fraction of sp³-hybridized carbons (Fsp3) is 0.500.